The number of aromatic nitrogens is 2. The Labute approximate surface area is 85.0 Å². The highest BCUT2D eigenvalue weighted by molar-refractivity contribution is 5.04. The number of hydrogen-bond donors (Lipinski definition) is 1. The van der Waals surface area contributed by atoms with E-state index in [4.69, 9.17) is 10.5 Å². The zero-order valence-electron chi connectivity index (χ0n) is 9.10. The Morgan fingerprint density at radius 2 is 2.29 bits per heavy atom. The molecular formula is C10H19N3O. The lowest BCUT2D eigenvalue weighted by Crippen LogP contribution is -2.15. The largest absolute Gasteiger partial charge is 0.382 e. The van der Waals surface area contributed by atoms with Gasteiger partial charge >= 0.3 is 0 Å². The predicted octanol–water partition coefficient (Wildman–Crippen LogP) is 1.24. The highest BCUT2D eigenvalue weighted by Crippen LogP contribution is 2.15. The molecule has 1 rings (SSSR count). The summed E-state index contributed by atoms with van der Waals surface area (Å²) in [5.41, 5.74) is 6.93. The highest BCUT2D eigenvalue weighted by atomic mass is 16.5. The van der Waals surface area contributed by atoms with Crippen LogP contribution in [0.2, 0.25) is 0 Å². The van der Waals surface area contributed by atoms with Gasteiger partial charge in [0.25, 0.3) is 0 Å². The first-order valence-electron chi connectivity index (χ1n) is 4.91. The predicted molar refractivity (Wildman–Crippen MR) is 55.8 cm³/mol. The van der Waals surface area contributed by atoms with Crippen molar-refractivity contribution in [2.75, 3.05) is 7.11 Å². The zero-order chi connectivity index (χ0) is 10.6. The Morgan fingerprint density at radius 3 is 2.79 bits per heavy atom. The summed E-state index contributed by atoms with van der Waals surface area (Å²) in [6.07, 6.45) is 4.06. The molecule has 14 heavy (non-hydrogen) atoms. The standard InChI is InChI=1S/C10H19N3O/c1-8(14-3)4-5-9(11)10-6-7-13(2)12-10/h6-9H,4-5,11H2,1-3H3. The number of ether oxygens (including phenoxy) is 1. The molecule has 4 heteroatoms. The Kier molecular flexibility index (Phi) is 4.10. The molecule has 2 atom stereocenters. The molecule has 0 aliphatic heterocycles. The third-order valence-electron chi connectivity index (χ3n) is 2.40. The van der Waals surface area contributed by atoms with Crippen molar-refractivity contribution in [1.29, 1.82) is 0 Å². The minimum absolute atomic E-state index is 0.0220. The summed E-state index contributed by atoms with van der Waals surface area (Å²) in [4.78, 5) is 0. The second-order valence-electron chi connectivity index (χ2n) is 3.64. The van der Waals surface area contributed by atoms with Crippen molar-refractivity contribution in [3.05, 3.63) is 18.0 Å². The quantitative estimate of drug-likeness (QED) is 0.772. The molecule has 0 aliphatic carbocycles. The number of nitrogens with zero attached hydrogens (tertiary/aromatic N) is 2. The van der Waals surface area contributed by atoms with E-state index in [-0.39, 0.29) is 12.1 Å². The fourth-order valence-electron chi connectivity index (χ4n) is 1.31. The molecule has 2 unspecified atom stereocenters. The Bertz CT molecular complexity index is 272. The van der Waals surface area contributed by atoms with E-state index in [9.17, 15) is 0 Å². The normalized spacial score (nSPS) is 15.4. The molecule has 0 saturated heterocycles. The van der Waals surface area contributed by atoms with E-state index < -0.39 is 0 Å². The maximum atomic E-state index is 5.98. The maximum absolute atomic E-state index is 5.98. The Balaban J connectivity index is 2.39. The van der Waals surface area contributed by atoms with Gasteiger partial charge in [-0.25, -0.2) is 0 Å². The second kappa shape index (κ2) is 5.12. The summed E-state index contributed by atoms with van der Waals surface area (Å²) < 4.78 is 6.93. The molecule has 4 nitrogen and oxygen atoms in total. The number of methoxy groups -OCH3 is 1. The molecule has 1 aromatic rings. The molecule has 0 saturated carbocycles. The maximum Gasteiger partial charge on any atom is 0.0791 e. The smallest absolute Gasteiger partial charge is 0.0791 e. The molecular weight excluding hydrogens is 178 g/mol. The summed E-state index contributed by atoms with van der Waals surface area (Å²) in [5, 5.41) is 4.27. The molecule has 1 aromatic heterocycles. The highest BCUT2D eigenvalue weighted by Gasteiger charge is 2.10. The average molecular weight is 197 g/mol. The molecule has 0 radical (unpaired) electrons. The Hall–Kier alpha value is -0.870. The number of nitrogens with two attached hydrogens (primary N) is 1. The molecule has 2 N–H and O–H groups in total. The fraction of sp³-hybridized carbons (Fsp3) is 0.700. The number of rotatable bonds is 5. The zero-order valence-corrected chi connectivity index (χ0v) is 9.10. The summed E-state index contributed by atoms with van der Waals surface area (Å²) in [5.74, 6) is 0. The molecule has 0 aliphatic rings. The van der Waals surface area contributed by atoms with Crippen LogP contribution in [0.4, 0.5) is 0 Å². The van der Waals surface area contributed by atoms with Crippen molar-refractivity contribution in [2.45, 2.75) is 31.9 Å². The number of hydrogen-bond acceptors (Lipinski definition) is 3. The van der Waals surface area contributed by atoms with Crippen molar-refractivity contribution < 1.29 is 4.74 Å². The summed E-state index contributed by atoms with van der Waals surface area (Å²) >= 11 is 0. The summed E-state index contributed by atoms with van der Waals surface area (Å²) in [6, 6.07) is 1.98. The second-order valence-corrected chi connectivity index (χ2v) is 3.64. The van der Waals surface area contributed by atoms with Gasteiger partial charge in [0.2, 0.25) is 0 Å². The van der Waals surface area contributed by atoms with E-state index in [2.05, 4.69) is 5.10 Å². The minimum Gasteiger partial charge on any atom is -0.382 e. The monoisotopic (exact) mass is 197 g/mol. The fourth-order valence-corrected chi connectivity index (χ4v) is 1.31. The van der Waals surface area contributed by atoms with E-state index in [0.29, 0.717) is 0 Å². The van der Waals surface area contributed by atoms with E-state index in [1.54, 1.807) is 11.8 Å². The van der Waals surface area contributed by atoms with E-state index >= 15 is 0 Å². The van der Waals surface area contributed by atoms with Crippen LogP contribution >= 0.6 is 0 Å². The van der Waals surface area contributed by atoms with Crippen LogP contribution in [0.5, 0.6) is 0 Å². The van der Waals surface area contributed by atoms with Gasteiger partial charge in [-0.15, -0.1) is 0 Å². The van der Waals surface area contributed by atoms with E-state index in [1.165, 1.54) is 0 Å². The van der Waals surface area contributed by atoms with Crippen molar-refractivity contribution in [1.82, 2.24) is 9.78 Å². The van der Waals surface area contributed by atoms with Crippen molar-refractivity contribution in [3.63, 3.8) is 0 Å². The average Bonchev–Trinajstić information content (AvgIpc) is 2.60. The first-order valence-corrected chi connectivity index (χ1v) is 4.91. The summed E-state index contributed by atoms with van der Waals surface area (Å²) in [6.45, 7) is 2.05. The van der Waals surface area contributed by atoms with Gasteiger partial charge in [-0.2, -0.15) is 5.10 Å². The van der Waals surface area contributed by atoms with Crippen LogP contribution in [0.15, 0.2) is 12.3 Å². The van der Waals surface area contributed by atoms with Crippen LogP contribution in [-0.2, 0) is 11.8 Å². The third-order valence-corrected chi connectivity index (χ3v) is 2.40. The van der Waals surface area contributed by atoms with E-state index in [1.807, 2.05) is 26.2 Å². The van der Waals surface area contributed by atoms with Gasteiger partial charge < -0.3 is 10.5 Å². The van der Waals surface area contributed by atoms with E-state index in [0.717, 1.165) is 18.5 Å². The van der Waals surface area contributed by atoms with Gasteiger partial charge in [-0.3, -0.25) is 4.68 Å². The lowest BCUT2D eigenvalue weighted by Gasteiger charge is -2.12. The molecule has 0 fully saturated rings. The van der Waals surface area contributed by atoms with Crippen molar-refractivity contribution in [2.24, 2.45) is 12.8 Å². The molecule has 0 aromatic carbocycles. The van der Waals surface area contributed by atoms with Gasteiger partial charge in [0, 0.05) is 26.4 Å². The molecule has 80 valence electrons. The minimum atomic E-state index is 0.0220. The molecule has 0 bridgehead atoms. The van der Waals surface area contributed by atoms with Crippen LogP contribution in [0, 0.1) is 0 Å². The molecule has 0 spiro atoms. The van der Waals surface area contributed by atoms with Crippen LogP contribution < -0.4 is 5.73 Å². The van der Waals surface area contributed by atoms with Gasteiger partial charge in [0.1, 0.15) is 0 Å². The SMILES string of the molecule is COC(C)CCC(N)c1ccn(C)n1. The summed E-state index contributed by atoms with van der Waals surface area (Å²) in [7, 11) is 3.62. The van der Waals surface area contributed by atoms with Gasteiger partial charge in [-0.05, 0) is 25.8 Å². The third kappa shape index (κ3) is 3.12. The van der Waals surface area contributed by atoms with Crippen molar-refractivity contribution in [3.8, 4) is 0 Å². The lowest BCUT2D eigenvalue weighted by molar-refractivity contribution is 0.107. The number of aryl methyl sites for hydroxylation is 1. The topological polar surface area (TPSA) is 53.1 Å². The Morgan fingerprint density at radius 1 is 1.57 bits per heavy atom. The van der Waals surface area contributed by atoms with Crippen LogP contribution in [0.25, 0.3) is 0 Å². The van der Waals surface area contributed by atoms with Crippen LogP contribution in [0.1, 0.15) is 31.5 Å². The van der Waals surface area contributed by atoms with Gasteiger partial charge in [-0.1, -0.05) is 0 Å². The molecule has 1 heterocycles. The van der Waals surface area contributed by atoms with Crippen LogP contribution in [-0.4, -0.2) is 23.0 Å². The first-order chi connectivity index (χ1) is 6.63. The van der Waals surface area contributed by atoms with Gasteiger partial charge in [0.15, 0.2) is 0 Å². The van der Waals surface area contributed by atoms with Crippen molar-refractivity contribution >= 4 is 0 Å². The lowest BCUT2D eigenvalue weighted by atomic mass is 10.1. The first kappa shape index (κ1) is 11.2. The van der Waals surface area contributed by atoms with Crippen LogP contribution in [0.3, 0.4) is 0 Å². The molecule has 0 amide bonds. The van der Waals surface area contributed by atoms with Gasteiger partial charge in [0.05, 0.1) is 11.8 Å².